The van der Waals surface area contributed by atoms with Crippen LogP contribution in [-0.2, 0) is 0 Å². The summed E-state index contributed by atoms with van der Waals surface area (Å²) in [7, 11) is 0. The first-order chi connectivity index (χ1) is 7.46. The second-order valence-electron chi connectivity index (χ2n) is 5.20. The van der Waals surface area contributed by atoms with E-state index in [1.54, 1.807) is 0 Å². The Morgan fingerprint density at radius 2 is 1.75 bits per heavy atom. The van der Waals surface area contributed by atoms with Crippen LogP contribution in [0.3, 0.4) is 0 Å². The van der Waals surface area contributed by atoms with Gasteiger partial charge in [-0.1, -0.05) is 35.9 Å². The van der Waals surface area contributed by atoms with E-state index in [1.807, 2.05) is 12.1 Å². The molecular weight excluding hydrogens is 196 g/mol. The van der Waals surface area contributed by atoms with Crippen LogP contribution < -0.4 is 4.74 Å². The quantitative estimate of drug-likeness (QED) is 0.686. The van der Waals surface area contributed by atoms with E-state index in [9.17, 15) is 0 Å². The van der Waals surface area contributed by atoms with Crippen molar-refractivity contribution in [3.05, 3.63) is 42.0 Å². The molecule has 0 aliphatic carbocycles. The predicted octanol–water partition coefficient (Wildman–Crippen LogP) is 4.33. The lowest BCUT2D eigenvalue weighted by Gasteiger charge is -2.22. The molecule has 0 bridgehead atoms. The van der Waals surface area contributed by atoms with Gasteiger partial charge in [0.15, 0.2) is 0 Å². The number of benzene rings is 2. The molecule has 0 N–H and O–H groups in total. The topological polar surface area (TPSA) is 9.23 Å². The molecule has 0 aliphatic heterocycles. The van der Waals surface area contributed by atoms with Crippen molar-refractivity contribution < 1.29 is 4.74 Å². The normalized spacial score (nSPS) is 11.8. The maximum Gasteiger partial charge on any atom is 0.127 e. The van der Waals surface area contributed by atoms with Crippen LogP contribution >= 0.6 is 0 Å². The Bertz CT molecular complexity index is 506. The number of rotatable bonds is 1. The van der Waals surface area contributed by atoms with Crippen molar-refractivity contribution in [3.63, 3.8) is 0 Å². The van der Waals surface area contributed by atoms with E-state index in [2.05, 4.69) is 52.0 Å². The van der Waals surface area contributed by atoms with Crippen LogP contribution in [0.1, 0.15) is 26.3 Å². The lowest BCUT2D eigenvalue weighted by molar-refractivity contribution is 0.133. The Morgan fingerprint density at radius 3 is 2.44 bits per heavy atom. The largest absolute Gasteiger partial charge is 0.488 e. The van der Waals surface area contributed by atoms with Gasteiger partial charge in [0.2, 0.25) is 0 Å². The average Bonchev–Trinajstić information content (AvgIpc) is 2.15. The van der Waals surface area contributed by atoms with Crippen LogP contribution in [0.25, 0.3) is 10.8 Å². The Labute approximate surface area is 97.1 Å². The monoisotopic (exact) mass is 214 g/mol. The summed E-state index contributed by atoms with van der Waals surface area (Å²) in [4.78, 5) is 0. The van der Waals surface area contributed by atoms with E-state index in [1.165, 1.54) is 16.3 Å². The molecule has 0 aliphatic rings. The molecule has 0 fully saturated rings. The number of hydrogen-bond acceptors (Lipinski definition) is 1. The summed E-state index contributed by atoms with van der Waals surface area (Å²) < 4.78 is 5.95. The highest BCUT2D eigenvalue weighted by Gasteiger charge is 2.13. The average molecular weight is 214 g/mol. The van der Waals surface area contributed by atoms with Gasteiger partial charge < -0.3 is 4.74 Å². The molecule has 0 unspecified atom stereocenters. The maximum absolute atomic E-state index is 5.95. The van der Waals surface area contributed by atoms with E-state index in [0.717, 1.165) is 5.75 Å². The fraction of sp³-hybridized carbons (Fsp3) is 0.333. The summed E-state index contributed by atoms with van der Waals surface area (Å²) in [5.74, 6) is 0.963. The molecule has 2 aromatic carbocycles. The molecule has 0 atom stereocenters. The second-order valence-corrected chi connectivity index (χ2v) is 5.20. The second kappa shape index (κ2) is 3.82. The minimum Gasteiger partial charge on any atom is -0.488 e. The SMILES string of the molecule is Cc1ccc2c(OC(C)(C)C)cccc2c1. The number of hydrogen-bond donors (Lipinski definition) is 0. The van der Waals surface area contributed by atoms with Crippen LogP contribution in [0.4, 0.5) is 0 Å². The van der Waals surface area contributed by atoms with Crippen LogP contribution in [0, 0.1) is 6.92 Å². The molecule has 0 spiro atoms. The standard InChI is InChI=1S/C15H18O/c1-11-8-9-13-12(10-11)6-5-7-14(13)16-15(2,3)4/h5-10H,1-4H3. The van der Waals surface area contributed by atoms with Crippen molar-refractivity contribution in [1.82, 2.24) is 0 Å². The van der Waals surface area contributed by atoms with E-state index in [4.69, 9.17) is 4.74 Å². The minimum absolute atomic E-state index is 0.154. The molecule has 2 aromatic rings. The first kappa shape index (κ1) is 11.0. The highest BCUT2D eigenvalue weighted by Crippen LogP contribution is 2.28. The van der Waals surface area contributed by atoms with Crippen molar-refractivity contribution in [2.75, 3.05) is 0 Å². The molecule has 2 rings (SSSR count). The highest BCUT2D eigenvalue weighted by molar-refractivity contribution is 5.88. The van der Waals surface area contributed by atoms with Crippen molar-refractivity contribution in [3.8, 4) is 5.75 Å². The Kier molecular flexibility index (Phi) is 2.63. The van der Waals surface area contributed by atoms with Gasteiger partial charge in [-0.05, 0) is 39.1 Å². The summed E-state index contributed by atoms with van der Waals surface area (Å²) in [6, 6.07) is 12.6. The van der Waals surface area contributed by atoms with Gasteiger partial charge in [0.1, 0.15) is 11.4 Å². The molecule has 0 amide bonds. The zero-order chi connectivity index (χ0) is 11.8. The maximum atomic E-state index is 5.95. The molecule has 0 saturated carbocycles. The summed E-state index contributed by atoms with van der Waals surface area (Å²) in [5.41, 5.74) is 1.12. The molecule has 84 valence electrons. The smallest absolute Gasteiger partial charge is 0.127 e. The predicted molar refractivity (Wildman–Crippen MR) is 69.1 cm³/mol. The van der Waals surface area contributed by atoms with Gasteiger partial charge in [-0.25, -0.2) is 0 Å². The fourth-order valence-corrected chi connectivity index (χ4v) is 1.79. The van der Waals surface area contributed by atoms with Gasteiger partial charge in [0, 0.05) is 5.39 Å². The Balaban J connectivity index is 2.54. The molecule has 1 heteroatoms. The van der Waals surface area contributed by atoms with E-state index >= 15 is 0 Å². The van der Waals surface area contributed by atoms with E-state index in [0.29, 0.717) is 0 Å². The molecule has 0 radical (unpaired) electrons. The van der Waals surface area contributed by atoms with Gasteiger partial charge in [-0.2, -0.15) is 0 Å². The van der Waals surface area contributed by atoms with Crippen molar-refractivity contribution in [2.24, 2.45) is 0 Å². The van der Waals surface area contributed by atoms with Gasteiger partial charge in [0.25, 0.3) is 0 Å². The third-order valence-corrected chi connectivity index (χ3v) is 2.41. The van der Waals surface area contributed by atoms with Gasteiger partial charge in [-0.15, -0.1) is 0 Å². The summed E-state index contributed by atoms with van der Waals surface area (Å²) in [5, 5.41) is 2.42. The number of aryl methyl sites for hydroxylation is 1. The van der Waals surface area contributed by atoms with Crippen LogP contribution in [0.15, 0.2) is 36.4 Å². The molecule has 16 heavy (non-hydrogen) atoms. The summed E-state index contributed by atoms with van der Waals surface area (Å²) >= 11 is 0. The van der Waals surface area contributed by atoms with E-state index in [-0.39, 0.29) is 5.60 Å². The van der Waals surface area contributed by atoms with Crippen LogP contribution in [-0.4, -0.2) is 5.60 Å². The first-order valence-electron chi connectivity index (χ1n) is 5.64. The van der Waals surface area contributed by atoms with Gasteiger partial charge in [-0.3, -0.25) is 0 Å². The lowest BCUT2D eigenvalue weighted by Crippen LogP contribution is -2.23. The van der Waals surface area contributed by atoms with E-state index < -0.39 is 0 Å². The highest BCUT2D eigenvalue weighted by atomic mass is 16.5. The molecular formula is C15H18O. The number of fused-ring (bicyclic) bond motifs is 1. The summed E-state index contributed by atoms with van der Waals surface area (Å²) in [6.45, 7) is 8.32. The summed E-state index contributed by atoms with van der Waals surface area (Å²) in [6.07, 6.45) is 0. The fourth-order valence-electron chi connectivity index (χ4n) is 1.79. The first-order valence-corrected chi connectivity index (χ1v) is 5.64. The van der Waals surface area contributed by atoms with Crippen molar-refractivity contribution in [1.29, 1.82) is 0 Å². The molecule has 1 nitrogen and oxygen atoms in total. The van der Waals surface area contributed by atoms with Crippen molar-refractivity contribution in [2.45, 2.75) is 33.3 Å². The number of ether oxygens (including phenoxy) is 1. The Morgan fingerprint density at radius 1 is 1.00 bits per heavy atom. The molecule has 0 aromatic heterocycles. The van der Waals surface area contributed by atoms with Crippen LogP contribution in [0.2, 0.25) is 0 Å². The van der Waals surface area contributed by atoms with Crippen molar-refractivity contribution >= 4 is 10.8 Å². The third-order valence-electron chi connectivity index (χ3n) is 2.41. The zero-order valence-corrected chi connectivity index (χ0v) is 10.4. The van der Waals surface area contributed by atoms with Gasteiger partial charge >= 0.3 is 0 Å². The molecule has 0 saturated heterocycles. The zero-order valence-electron chi connectivity index (χ0n) is 10.4. The molecule has 0 heterocycles. The third kappa shape index (κ3) is 2.35. The van der Waals surface area contributed by atoms with Crippen LogP contribution in [0.5, 0.6) is 5.75 Å². The Hall–Kier alpha value is -1.50. The lowest BCUT2D eigenvalue weighted by atomic mass is 10.1. The van der Waals surface area contributed by atoms with Gasteiger partial charge in [0.05, 0.1) is 0 Å². The minimum atomic E-state index is -0.154.